The summed E-state index contributed by atoms with van der Waals surface area (Å²) in [5.41, 5.74) is 2.41. The third-order valence-corrected chi connectivity index (χ3v) is 3.23. The second-order valence-corrected chi connectivity index (χ2v) is 4.82. The van der Waals surface area contributed by atoms with E-state index in [9.17, 15) is 4.39 Å². The highest BCUT2D eigenvalue weighted by atomic mass is 19.1. The van der Waals surface area contributed by atoms with Gasteiger partial charge in [0, 0.05) is 6.20 Å². The minimum atomic E-state index is -0.272. The molecule has 0 saturated carbocycles. The smallest absolute Gasteiger partial charge is 0.132 e. The summed E-state index contributed by atoms with van der Waals surface area (Å²) < 4.78 is 20.2. The van der Waals surface area contributed by atoms with Gasteiger partial charge in [0.2, 0.25) is 0 Å². The number of aliphatic hydroxyl groups excluding tert-OH is 1. The maximum atomic E-state index is 12.9. The summed E-state index contributed by atoms with van der Waals surface area (Å²) in [4.78, 5) is 0. The molecule has 0 radical (unpaired) electrons. The van der Waals surface area contributed by atoms with Crippen molar-refractivity contribution in [1.82, 2.24) is 9.78 Å². The van der Waals surface area contributed by atoms with Gasteiger partial charge in [0.15, 0.2) is 0 Å². The molecule has 0 amide bonds. The van der Waals surface area contributed by atoms with Gasteiger partial charge in [0.25, 0.3) is 0 Å². The van der Waals surface area contributed by atoms with E-state index in [1.165, 1.54) is 12.1 Å². The van der Waals surface area contributed by atoms with E-state index < -0.39 is 0 Å². The molecule has 0 saturated heterocycles. The molecule has 2 aromatic carbocycles. The van der Waals surface area contributed by atoms with E-state index in [4.69, 9.17) is 9.84 Å². The van der Waals surface area contributed by atoms with Crippen LogP contribution in [0, 0.1) is 5.82 Å². The Kier molecular flexibility index (Phi) is 4.16. The van der Waals surface area contributed by atoms with E-state index >= 15 is 0 Å². The zero-order valence-electron chi connectivity index (χ0n) is 11.8. The number of aromatic nitrogens is 2. The molecule has 0 aliphatic rings. The molecule has 0 fully saturated rings. The second-order valence-electron chi connectivity index (χ2n) is 4.82. The first kappa shape index (κ1) is 14.3. The van der Waals surface area contributed by atoms with Gasteiger partial charge in [-0.15, -0.1) is 0 Å². The molecule has 0 spiro atoms. The highest BCUT2D eigenvalue weighted by Crippen LogP contribution is 2.14. The van der Waals surface area contributed by atoms with Gasteiger partial charge < -0.3 is 9.84 Å². The van der Waals surface area contributed by atoms with Gasteiger partial charge in [0.05, 0.1) is 12.3 Å². The van der Waals surface area contributed by atoms with Crippen LogP contribution >= 0.6 is 0 Å². The largest absolute Gasteiger partial charge is 0.487 e. The lowest BCUT2D eigenvalue weighted by atomic mass is 10.2. The van der Waals surface area contributed by atoms with Crippen molar-refractivity contribution in [3.63, 3.8) is 0 Å². The molecule has 22 heavy (non-hydrogen) atoms. The Hall–Kier alpha value is -2.66. The van der Waals surface area contributed by atoms with Crippen molar-refractivity contribution >= 4 is 0 Å². The molecular weight excluding hydrogens is 283 g/mol. The first-order valence-corrected chi connectivity index (χ1v) is 6.88. The molecule has 0 aliphatic carbocycles. The van der Waals surface area contributed by atoms with Crippen molar-refractivity contribution in [2.75, 3.05) is 0 Å². The highest BCUT2D eigenvalue weighted by Gasteiger charge is 2.03. The number of aliphatic hydroxyl groups is 1. The van der Waals surface area contributed by atoms with E-state index in [1.54, 1.807) is 23.0 Å². The fourth-order valence-corrected chi connectivity index (χ4v) is 2.02. The molecule has 1 heterocycles. The van der Waals surface area contributed by atoms with Crippen molar-refractivity contribution < 1.29 is 14.2 Å². The monoisotopic (exact) mass is 298 g/mol. The maximum Gasteiger partial charge on any atom is 0.132 e. The van der Waals surface area contributed by atoms with Gasteiger partial charge in [0.1, 0.15) is 23.9 Å². The summed E-state index contributed by atoms with van der Waals surface area (Å²) in [7, 11) is 0. The number of benzene rings is 2. The minimum Gasteiger partial charge on any atom is -0.487 e. The Balaban J connectivity index is 1.65. The Labute approximate surface area is 127 Å². The summed E-state index contributed by atoms with van der Waals surface area (Å²) in [6.45, 7) is 0.356. The number of ether oxygens (including phenoxy) is 1. The highest BCUT2D eigenvalue weighted by molar-refractivity contribution is 5.31. The van der Waals surface area contributed by atoms with Crippen LogP contribution in [0.4, 0.5) is 4.39 Å². The van der Waals surface area contributed by atoms with Crippen LogP contribution in [0.5, 0.6) is 5.75 Å². The quantitative estimate of drug-likeness (QED) is 0.787. The second kappa shape index (κ2) is 6.41. The molecule has 112 valence electrons. The first-order chi connectivity index (χ1) is 10.7. The molecule has 0 bridgehead atoms. The van der Waals surface area contributed by atoms with Crippen LogP contribution in [0.3, 0.4) is 0 Å². The van der Waals surface area contributed by atoms with Crippen molar-refractivity contribution in [2.45, 2.75) is 13.2 Å². The van der Waals surface area contributed by atoms with Gasteiger partial charge in [-0.05, 0) is 48.0 Å². The molecule has 0 unspecified atom stereocenters. The first-order valence-electron chi connectivity index (χ1n) is 6.88. The van der Waals surface area contributed by atoms with Crippen LogP contribution in [0.2, 0.25) is 0 Å². The molecule has 0 aliphatic heterocycles. The molecule has 4 nitrogen and oxygen atoms in total. The van der Waals surface area contributed by atoms with Crippen LogP contribution in [0.25, 0.3) is 5.69 Å². The SMILES string of the molecule is OCc1ccc(OCc2ccn(-c3ccc(F)cc3)n2)cc1. The Morgan fingerprint density at radius 1 is 1.00 bits per heavy atom. The number of hydrogen-bond donors (Lipinski definition) is 1. The van der Waals surface area contributed by atoms with Crippen LogP contribution in [-0.4, -0.2) is 14.9 Å². The Morgan fingerprint density at radius 3 is 2.41 bits per heavy atom. The van der Waals surface area contributed by atoms with Crippen molar-refractivity contribution in [3.05, 3.63) is 77.9 Å². The van der Waals surface area contributed by atoms with Crippen molar-refractivity contribution in [1.29, 1.82) is 0 Å². The maximum absolute atomic E-state index is 12.9. The van der Waals surface area contributed by atoms with Gasteiger partial charge >= 0.3 is 0 Å². The van der Waals surface area contributed by atoms with Crippen LogP contribution in [0.1, 0.15) is 11.3 Å². The molecule has 3 rings (SSSR count). The zero-order chi connectivity index (χ0) is 15.4. The third kappa shape index (κ3) is 3.32. The van der Waals surface area contributed by atoms with Crippen LogP contribution in [0.15, 0.2) is 60.8 Å². The van der Waals surface area contributed by atoms with E-state index in [0.29, 0.717) is 12.4 Å². The summed E-state index contributed by atoms with van der Waals surface area (Å²) >= 11 is 0. The minimum absolute atomic E-state index is 0.0162. The topological polar surface area (TPSA) is 47.3 Å². The molecular formula is C17H15FN2O2. The lowest BCUT2D eigenvalue weighted by molar-refractivity contribution is 0.280. The van der Waals surface area contributed by atoms with Crippen molar-refractivity contribution in [3.8, 4) is 11.4 Å². The normalized spacial score (nSPS) is 10.6. The number of halogens is 1. The van der Waals surface area contributed by atoms with Crippen LogP contribution in [-0.2, 0) is 13.2 Å². The number of hydrogen-bond acceptors (Lipinski definition) is 3. The summed E-state index contributed by atoms with van der Waals surface area (Å²) in [5, 5.41) is 13.4. The number of nitrogens with zero attached hydrogens (tertiary/aromatic N) is 2. The van der Waals surface area contributed by atoms with Crippen molar-refractivity contribution in [2.24, 2.45) is 0 Å². The Morgan fingerprint density at radius 2 is 1.73 bits per heavy atom. The van der Waals surface area contributed by atoms with E-state index in [-0.39, 0.29) is 12.4 Å². The van der Waals surface area contributed by atoms with E-state index in [0.717, 1.165) is 16.9 Å². The average Bonchev–Trinajstić information content (AvgIpc) is 3.03. The zero-order valence-corrected chi connectivity index (χ0v) is 11.8. The third-order valence-electron chi connectivity index (χ3n) is 3.23. The summed E-state index contributed by atoms with van der Waals surface area (Å²) in [6.07, 6.45) is 1.81. The molecule has 0 atom stereocenters. The lowest BCUT2D eigenvalue weighted by Crippen LogP contribution is -2.00. The molecule has 3 aromatic rings. The Bertz CT molecular complexity index is 736. The predicted molar refractivity (Wildman–Crippen MR) is 80.2 cm³/mol. The molecule has 5 heteroatoms. The molecule has 1 N–H and O–H groups in total. The summed E-state index contributed by atoms with van der Waals surface area (Å²) in [5.74, 6) is 0.444. The van der Waals surface area contributed by atoms with Gasteiger partial charge in [-0.1, -0.05) is 12.1 Å². The molecule has 1 aromatic heterocycles. The average molecular weight is 298 g/mol. The van der Waals surface area contributed by atoms with E-state index in [2.05, 4.69) is 5.10 Å². The van der Waals surface area contributed by atoms with Crippen LogP contribution < -0.4 is 4.74 Å². The van der Waals surface area contributed by atoms with E-state index in [1.807, 2.05) is 30.3 Å². The lowest BCUT2D eigenvalue weighted by Gasteiger charge is -2.05. The van der Waals surface area contributed by atoms with Gasteiger partial charge in [-0.2, -0.15) is 5.10 Å². The fourth-order valence-electron chi connectivity index (χ4n) is 2.02. The number of rotatable bonds is 5. The standard InChI is InChI=1S/C17H15FN2O2/c18-14-3-5-16(6-4-14)20-10-9-15(19-20)12-22-17-7-1-13(11-21)2-8-17/h1-10,21H,11-12H2. The predicted octanol–water partition coefficient (Wildman–Crippen LogP) is 3.08. The fraction of sp³-hybridized carbons (Fsp3) is 0.118. The van der Waals surface area contributed by atoms with Gasteiger partial charge in [-0.3, -0.25) is 0 Å². The summed E-state index contributed by atoms with van der Waals surface area (Å²) in [6, 6.07) is 15.2. The van der Waals surface area contributed by atoms with Gasteiger partial charge in [-0.25, -0.2) is 9.07 Å².